The van der Waals surface area contributed by atoms with Gasteiger partial charge in [-0.2, -0.15) is 0 Å². The zero-order chi connectivity index (χ0) is 14.9. The summed E-state index contributed by atoms with van der Waals surface area (Å²) in [6.45, 7) is 1.44. The summed E-state index contributed by atoms with van der Waals surface area (Å²) in [5.41, 5.74) is -0.946. The van der Waals surface area contributed by atoms with Crippen LogP contribution in [0, 0.1) is 11.7 Å². The molecule has 1 amide bonds. The minimum Gasteiger partial charge on any atom is -0.386 e. The van der Waals surface area contributed by atoms with Crippen LogP contribution in [0.2, 0.25) is 0 Å². The fourth-order valence-corrected chi connectivity index (χ4v) is 2.75. The molecule has 1 saturated carbocycles. The van der Waals surface area contributed by atoms with Crippen molar-refractivity contribution in [2.24, 2.45) is 5.92 Å². The number of nitrogens with one attached hydrogen (secondary N) is 1. The number of hydrogen-bond acceptors (Lipinski definition) is 4. The van der Waals surface area contributed by atoms with Gasteiger partial charge in [-0.3, -0.25) is 4.79 Å². The number of hydrogen-bond donors (Lipinski definition) is 2. The fourth-order valence-electron chi connectivity index (χ4n) is 2.75. The van der Waals surface area contributed by atoms with Gasteiger partial charge in [0.05, 0.1) is 11.8 Å². The average molecular weight is 293 g/mol. The second-order valence-corrected chi connectivity index (χ2v) is 6.08. The third-order valence-corrected chi connectivity index (χ3v) is 4.13. The summed E-state index contributed by atoms with van der Waals surface area (Å²) >= 11 is 0. The van der Waals surface area contributed by atoms with Gasteiger partial charge in [0.1, 0.15) is 11.6 Å². The topological polar surface area (TPSA) is 65.5 Å². The molecule has 2 N–H and O–H groups in total. The zero-order valence-electron chi connectivity index (χ0n) is 11.9. The predicted octanol–water partition coefficient (Wildman–Crippen LogP) is 1.08. The van der Waals surface area contributed by atoms with Crippen LogP contribution in [-0.2, 0) is 4.79 Å². The van der Waals surface area contributed by atoms with E-state index in [0.717, 1.165) is 25.8 Å². The molecule has 1 aliphatic carbocycles. The molecular formula is C15H20FN3O2. The number of carbonyl (C=O) groups is 1. The molecule has 1 unspecified atom stereocenters. The van der Waals surface area contributed by atoms with Gasteiger partial charge < -0.3 is 15.3 Å². The molecule has 0 bridgehead atoms. The molecule has 2 heterocycles. The Kier molecular flexibility index (Phi) is 3.80. The molecule has 0 aromatic carbocycles. The first kappa shape index (κ1) is 14.3. The number of nitrogens with zero attached hydrogens (tertiary/aromatic N) is 2. The molecule has 1 aliphatic heterocycles. The van der Waals surface area contributed by atoms with Crippen LogP contribution < -0.4 is 10.2 Å². The lowest BCUT2D eigenvalue weighted by atomic mass is 9.92. The molecule has 3 rings (SSSR count). The van der Waals surface area contributed by atoms with Crippen LogP contribution in [0.5, 0.6) is 0 Å². The second-order valence-electron chi connectivity index (χ2n) is 6.08. The third kappa shape index (κ3) is 3.50. The van der Waals surface area contributed by atoms with Gasteiger partial charge in [-0.15, -0.1) is 0 Å². The summed E-state index contributed by atoms with van der Waals surface area (Å²) < 4.78 is 12.9. The van der Waals surface area contributed by atoms with Gasteiger partial charge in [0.25, 0.3) is 0 Å². The van der Waals surface area contributed by atoms with Crippen molar-refractivity contribution in [2.75, 3.05) is 24.5 Å². The standard InChI is InChI=1S/C15H20FN3O2/c16-12-4-5-13(17-8-12)19-7-1-6-15(21,10-19)9-18-14(20)11-2-3-11/h4-5,8,11,21H,1-3,6-7,9-10H2,(H,18,20). The minimum atomic E-state index is -0.946. The molecule has 1 aromatic heterocycles. The van der Waals surface area contributed by atoms with E-state index in [0.29, 0.717) is 18.8 Å². The number of β-amino-alcohol motifs (C(OH)–C–C–N with tert-alkyl or cyclic N) is 1. The van der Waals surface area contributed by atoms with Crippen LogP contribution in [-0.4, -0.2) is 41.2 Å². The maximum absolute atomic E-state index is 12.9. The molecule has 1 atom stereocenters. The van der Waals surface area contributed by atoms with Gasteiger partial charge in [0.2, 0.25) is 5.91 Å². The second kappa shape index (κ2) is 5.60. The van der Waals surface area contributed by atoms with Crippen LogP contribution in [0.25, 0.3) is 0 Å². The lowest BCUT2D eigenvalue weighted by Gasteiger charge is -2.39. The summed E-state index contributed by atoms with van der Waals surface area (Å²) in [7, 11) is 0. The predicted molar refractivity (Wildman–Crippen MR) is 76.3 cm³/mol. The molecule has 2 aliphatic rings. The molecule has 21 heavy (non-hydrogen) atoms. The van der Waals surface area contributed by atoms with Crippen LogP contribution >= 0.6 is 0 Å². The monoisotopic (exact) mass is 293 g/mol. The molecule has 0 spiro atoms. The van der Waals surface area contributed by atoms with Gasteiger partial charge in [0, 0.05) is 25.6 Å². The normalized spacial score (nSPS) is 25.7. The Labute approximate surface area is 123 Å². The number of rotatable bonds is 4. The summed E-state index contributed by atoms with van der Waals surface area (Å²) in [6, 6.07) is 2.98. The highest BCUT2D eigenvalue weighted by atomic mass is 19.1. The van der Waals surface area contributed by atoms with E-state index >= 15 is 0 Å². The first-order valence-electron chi connectivity index (χ1n) is 7.42. The average Bonchev–Trinajstić information content (AvgIpc) is 3.30. The Bertz CT molecular complexity index is 518. The summed E-state index contributed by atoms with van der Waals surface area (Å²) in [6.07, 6.45) is 4.55. The molecule has 6 heteroatoms. The van der Waals surface area contributed by atoms with Crippen LogP contribution in [0.15, 0.2) is 18.3 Å². The lowest BCUT2D eigenvalue weighted by Crippen LogP contribution is -2.54. The largest absolute Gasteiger partial charge is 0.386 e. The molecule has 1 saturated heterocycles. The zero-order valence-corrected chi connectivity index (χ0v) is 11.9. The van der Waals surface area contributed by atoms with Gasteiger partial charge in [-0.25, -0.2) is 9.37 Å². The van der Waals surface area contributed by atoms with E-state index < -0.39 is 5.60 Å². The van der Waals surface area contributed by atoms with Crippen molar-refractivity contribution in [1.82, 2.24) is 10.3 Å². The van der Waals surface area contributed by atoms with Crippen molar-refractivity contribution in [2.45, 2.75) is 31.3 Å². The van der Waals surface area contributed by atoms with Gasteiger partial charge in [0.15, 0.2) is 0 Å². The van der Waals surface area contributed by atoms with Crippen molar-refractivity contribution in [3.63, 3.8) is 0 Å². The van der Waals surface area contributed by atoms with E-state index in [9.17, 15) is 14.3 Å². The SMILES string of the molecule is O=C(NCC1(O)CCCN(c2ccc(F)cn2)C1)C1CC1. The Balaban J connectivity index is 1.60. The number of piperidine rings is 1. The maximum atomic E-state index is 12.9. The number of anilines is 1. The van der Waals surface area contributed by atoms with Crippen LogP contribution in [0.4, 0.5) is 10.2 Å². The fraction of sp³-hybridized carbons (Fsp3) is 0.600. The van der Waals surface area contributed by atoms with E-state index in [2.05, 4.69) is 10.3 Å². The number of aliphatic hydroxyl groups is 1. The van der Waals surface area contributed by atoms with Gasteiger partial charge in [-0.05, 0) is 37.8 Å². The van der Waals surface area contributed by atoms with E-state index in [1.54, 1.807) is 6.07 Å². The van der Waals surface area contributed by atoms with Gasteiger partial charge in [-0.1, -0.05) is 0 Å². The van der Waals surface area contributed by atoms with Crippen molar-refractivity contribution in [3.8, 4) is 0 Å². The molecule has 5 nitrogen and oxygen atoms in total. The number of amides is 1. The van der Waals surface area contributed by atoms with Crippen molar-refractivity contribution in [1.29, 1.82) is 0 Å². The van der Waals surface area contributed by atoms with E-state index in [4.69, 9.17) is 0 Å². The summed E-state index contributed by atoms with van der Waals surface area (Å²) in [5, 5.41) is 13.5. The Morgan fingerprint density at radius 1 is 1.52 bits per heavy atom. The smallest absolute Gasteiger partial charge is 0.223 e. The quantitative estimate of drug-likeness (QED) is 0.872. The van der Waals surface area contributed by atoms with E-state index in [1.807, 2.05) is 4.90 Å². The number of pyridine rings is 1. The first-order valence-corrected chi connectivity index (χ1v) is 7.42. The minimum absolute atomic E-state index is 0.0421. The lowest BCUT2D eigenvalue weighted by molar-refractivity contribution is -0.123. The molecule has 1 aromatic rings. The number of aromatic nitrogens is 1. The third-order valence-electron chi connectivity index (χ3n) is 4.13. The van der Waals surface area contributed by atoms with Crippen molar-refractivity contribution in [3.05, 3.63) is 24.1 Å². The highest BCUT2D eigenvalue weighted by Gasteiger charge is 2.36. The number of halogens is 1. The highest BCUT2D eigenvalue weighted by Crippen LogP contribution is 2.29. The molecule has 2 fully saturated rings. The van der Waals surface area contributed by atoms with Crippen LogP contribution in [0.1, 0.15) is 25.7 Å². The van der Waals surface area contributed by atoms with Crippen molar-refractivity contribution >= 4 is 11.7 Å². The molecule has 0 radical (unpaired) electrons. The molecular weight excluding hydrogens is 273 g/mol. The molecule has 114 valence electrons. The highest BCUT2D eigenvalue weighted by molar-refractivity contribution is 5.80. The number of carbonyl (C=O) groups excluding carboxylic acids is 1. The van der Waals surface area contributed by atoms with E-state index in [-0.39, 0.29) is 24.2 Å². The summed E-state index contributed by atoms with van der Waals surface area (Å²) in [4.78, 5) is 17.7. The maximum Gasteiger partial charge on any atom is 0.223 e. The van der Waals surface area contributed by atoms with Gasteiger partial charge >= 0.3 is 0 Å². The summed E-state index contributed by atoms with van der Waals surface area (Å²) in [5.74, 6) is 0.471. The first-order chi connectivity index (χ1) is 10.1. The Hall–Kier alpha value is -1.69. The Morgan fingerprint density at radius 3 is 3.00 bits per heavy atom. The van der Waals surface area contributed by atoms with Crippen LogP contribution in [0.3, 0.4) is 0 Å². The van der Waals surface area contributed by atoms with Crippen molar-refractivity contribution < 1.29 is 14.3 Å². The Morgan fingerprint density at radius 2 is 2.33 bits per heavy atom. The van der Waals surface area contributed by atoms with E-state index in [1.165, 1.54) is 12.3 Å².